The molecule has 0 amide bonds. The van der Waals surface area contributed by atoms with Crippen molar-refractivity contribution in [3.63, 3.8) is 0 Å². The Morgan fingerprint density at radius 3 is 2.58 bits per heavy atom. The SMILES string of the molecule is O=C(O)C1(F)CN(Cc2cccc(Oc3ccccc3)c2)CC1F. The van der Waals surface area contributed by atoms with E-state index < -0.39 is 24.4 Å². The van der Waals surface area contributed by atoms with Gasteiger partial charge in [-0.3, -0.25) is 4.90 Å². The minimum atomic E-state index is -2.84. The van der Waals surface area contributed by atoms with Gasteiger partial charge in [0.05, 0.1) is 0 Å². The van der Waals surface area contributed by atoms with E-state index in [1.54, 1.807) is 18.2 Å². The minimum absolute atomic E-state index is 0.243. The van der Waals surface area contributed by atoms with Crippen molar-refractivity contribution >= 4 is 5.97 Å². The number of carboxylic acid groups (broad SMARTS) is 1. The normalized spacial score (nSPS) is 24.0. The van der Waals surface area contributed by atoms with Gasteiger partial charge in [-0.2, -0.15) is 0 Å². The van der Waals surface area contributed by atoms with Gasteiger partial charge < -0.3 is 9.84 Å². The maximum Gasteiger partial charge on any atom is 0.346 e. The summed E-state index contributed by atoms with van der Waals surface area (Å²) in [5.74, 6) is -0.452. The maximum atomic E-state index is 14.1. The van der Waals surface area contributed by atoms with Crippen molar-refractivity contribution in [1.29, 1.82) is 0 Å². The molecule has 3 rings (SSSR count). The van der Waals surface area contributed by atoms with Gasteiger partial charge in [0.25, 0.3) is 5.67 Å². The quantitative estimate of drug-likeness (QED) is 0.911. The highest BCUT2D eigenvalue weighted by molar-refractivity contribution is 5.79. The van der Waals surface area contributed by atoms with Gasteiger partial charge in [-0.1, -0.05) is 30.3 Å². The fraction of sp³-hybridized carbons (Fsp3) is 0.278. The number of hydrogen-bond acceptors (Lipinski definition) is 3. The Labute approximate surface area is 138 Å². The zero-order valence-corrected chi connectivity index (χ0v) is 12.9. The third-order valence-corrected chi connectivity index (χ3v) is 4.01. The van der Waals surface area contributed by atoms with Crippen molar-refractivity contribution < 1.29 is 23.4 Å². The molecule has 1 aliphatic rings. The van der Waals surface area contributed by atoms with Gasteiger partial charge >= 0.3 is 5.97 Å². The molecule has 1 fully saturated rings. The van der Waals surface area contributed by atoms with E-state index in [9.17, 15) is 13.6 Å². The number of alkyl halides is 2. The summed E-state index contributed by atoms with van der Waals surface area (Å²) in [6, 6.07) is 16.4. The first kappa shape index (κ1) is 16.4. The topological polar surface area (TPSA) is 49.8 Å². The van der Waals surface area contributed by atoms with Crippen molar-refractivity contribution in [1.82, 2.24) is 4.90 Å². The van der Waals surface area contributed by atoms with Gasteiger partial charge in [0.15, 0.2) is 6.17 Å². The number of hydrogen-bond donors (Lipinski definition) is 1. The van der Waals surface area contributed by atoms with Gasteiger partial charge in [-0.25, -0.2) is 13.6 Å². The van der Waals surface area contributed by atoms with Crippen LogP contribution >= 0.6 is 0 Å². The molecule has 4 nitrogen and oxygen atoms in total. The van der Waals surface area contributed by atoms with Gasteiger partial charge in [0.2, 0.25) is 0 Å². The molecule has 0 spiro atoms. The summed E-state index contributed by atoms with van der Waals surface area (Å²) in [7, 11) is 0. The number of nitrogens with zero attached hydrogens (tertiary/aromatic N) is 1. The fourth-order valence-corrected chi connectivity index (χ4v) is 2.77. The molecule has 1 N–H and O–H groups in total. The van der Waals surface area contributed by atoms with Crippen LogP contribution in [0, 0.1) is 0 Å². The van der Waals surface area contributed by atoms with Crippen molar-refractivity contribution in [2.45, 2.75) is 18.4 Å². The first-order valence-corrected chi connectivity index (χ1v) is 7.58. The lowest BCUT2D eigenvalue weighted by Gasteiger charge is -2.17. The van der Waals surface area contributed by atoms with Gasteiger partial charge in [-0.15, -0.1) is 0 Å². The lowest BCUT2D eigenvalue weighted by Crippen LogP contribution is -2.43. The van der Waals surface area contributed by atoms with E-state index in [0.29, 0.717) is 11.5 Å². The highest BCUT2D eigenvalue weighted by Crippen LogP contribution is 2.31. The van der Waals surface area contributed by atoms with Gasteiger partial charge in [0.1, 0.15) is 11.5 Å². The Hall–Kier alpha value is -2.47. The first-order valence-electron chi connectivity index (χ1n) is 7.58. The number of likely N-dealkylation sites (tertiary alicyclic amines) is 1. The minimum Gasteiger partial charge on any atom is -0.479 e. The summed E-state index contributed by atoms with van der Waals surface area (Å²) >= 11 is 0. The Kier molecular flexibility index (Phi) is 4.49. The lowest BCUT2D eigenvalue weighted by molar-refractivity contribution is -0.153. The molecule has 6 heteroatoms. The molecular formula is C18H17F2NO3. The largest absolute Gasteiger partial charge is 0.479 e. The number of rotatable bonds is 5. The molecule has 0 saturated carbocycles. The Bertz CT molecular complexity index is 725. The molecule has 126 valence electrons. The number of halogens is 2. The lowest BCUT2D eigenvalue weighted by atomic mass is 10.1. The van der Waals surface area contributed by atoms with Crippen LogP contribution in [0.25, 0.3) is 0 Å². The summed E-state index contributed by atoms with van der Waals surface area (Å²) in [5.41, 5.74) is -2.04. The van der Waals surface area contributed by atoms with Crippen LogP contribution in [0.4, 0.5) is 8.78 Å². The van der Waals surface area contributed by atoms with Crippen LogP contribution in [-0.2, 0) is 11.3 Å². The Morgan fingerprint density at radius 1 is 1.21 bits per heavy atom. The third-order valence-electron chi connectivity index (χ3n) is 4.01. The van der Waals surface area contributed by atoms with E-state index >= 15 is 0 Å². The maximum absolute atomic E-state index is 14.1. The molecule has 1 heterocycles. The summed E-state index contributed by atoms with van der Waals surface area (Å²) in [5, 5.41) is 8.87. The van der Waals surface area contributed by atoms with Crippen LogP contribution in [0.5, 0.6) is 11.5 Å². The number of carbonyl (C=O) groups is 1. The second kappa shape index (κ2) is 6.57. The molecule has 2 unspecified atom stereocenters. The molecule has 24 heavy (non-hydrogen) atoms. The second-order valence-corrected chi connectivity index (χ2v) is 5.87. The molecule has 0 bridgehead atoms. The Morgan fingerprint density at radius 2 is 1.92 bits per heavy atom. The van der Waals surface area contributed by atoms with Crippen LogP contribution in [0.3, 0.4) is 0 Å². The number of carboxylic acids is 1. The van der Waals surface area contributed by atoms with Crippen molar-refractivity contribution in [2.75, 3.05) is 13.1 Å². The summed E-state index contributed by atoms with van der Waals surface area (Å²) in [4.78, 5) is 12.4. The second-order valence-electron chi connectivity index (χ2n) is 5.87. The highest BCUT2D eigenvalue weighted by Gasteiger charge is 2.54. The van der Waals surface area contributed by atoms with E-state index in [0.717, 1.165) is 5.56 Å². The predicted octanol–water partition coefficient (Wildman–Crippen LogP) is 3.43. The van der Waals surface area contributed by atoms with E-state index in [1.807, 2.05) is 36.4 Å². The molecular weight excluding hydrogens is 316 g/mol. The molecule has 1 saturated heterocycles. The van der Waals surface area contributed by atoms with Gasteiger partial charge in [0, 0.05) is 19.6 Å². The van der Waals surface area contributed by atoms with E-state index in [-0.39, 0.29) is 13.1 Å². The molecule has 0 aliphatic carbocycles. The molecule has 0 aromatic heterocycles. The number of aliphatic carboxylic acids is 1. The fourth-order valence-electron chi connectivity index (χ4n) is 2.77. The van der Waals surface area contributed by atoms with Crippen LogP contribution < -0.4 is 4.74 Å². The van der Waals surface area contributed by atoms with Crippen LogP contribution in [0.2, 0.25) is 0 Å². The molecule has 2 aromatic carbocycles. The third kappa shape index (κ3) is 3.38. The predicted molar refractivity (Wildman–Crippen MR) is 84.6 cm³/mol. The molecule has 1 aliphatic heterocycles. The van der Waals surface area contributed by atoms with Crippen LogP contribution in [0.1, 0.15) is 5.56 Å². The monoisotopic (exact) mass is 333 g/mol. The zero-order chi connectivity index (χ0) is 17.2. The first-order chi connectivity index (χ1) is 11.5. The Balaban J connectivity index is 1.68. The van der Waals surface area contributed by atoms with E-state index in [4.69, 9.17) is 9.84 Å². The molecule has 2 aromatic rings. The summed E-state index contributed by atoms with van der Waals surface area (Å²) < 4.78 is 33.6. The van der Waals surface area contributed by atoms with Crippen molar-refractivity contribution in [3.05, 3.63) is 60.2 Å². The van der Waals surface area contributed by atoms with E-state index in [2.05, 4.69) is 0 Å². The average molecular weight is 333 g/mol. The van der Waals surface area contributed by atoms with Gasteiger partial charge in [-0.05, 0) is 29.8 Å². The molecule has 0 radical (unpaired) electrons. The van der Waals surface area contributed by atoms with Crippen LogP contribution in [-0.4, -0.2) is 40.9 Å². The number of benzene rings is 2. The number of ether oxygens (including phenoxy) is 1. The smallest absolute Gasteiger partial charge is 0.346 e. The average Bonchev–Trinajstić information content (AvgIpc) is 2.84. The highest BCUT2D eigenvalue weighted by atomic mass is 19.2. The summed E-state index contributed by atoms with van der Waals surface area (Å²) in [6.07, 6.45) is -2.03. The van der Waals surface area contributed by atoms with Crippen molar-refractivity contribution in [3.8, 4) is 11.5 Å². The zero-order valence-electron chi connectivity index (χ0n) is 12.9. The number of para-hydroxylation sites is 1. The summed E-state index contributed by atoms with van der Waals surface area (Å²) in [6.45, 7) is -0.453. The standard InChI is InChI=1S/C18H17F2NO3/c19-16-11-21(12-18(16,20)17(22)23)10-13-5-4-8-15(9-13)24-14-6-2-1-3-7-14/h1-9,16H,10-12H2,(H,22,23). The van der Waals surface area contributed by atoms with Crippen molar-refractivity contribution in [2.24, 2.45) is 0 Å². The molecule has 2 atom stereocenters. The van der Waals surface area contributed by atoms with E-state index in [1.165, 1.54) is 4.90 Å². The van der Waals surface area contributed by atoms with Crippen LogP contribution in [0.15, 0.2) is 54.6 Å².